The van der Waals surface area contributed by atoms with E-state index in [1.54, 1.807) is 0 Å². The fourth-order valence-corrected chi connectivity index (χ4v) is 9.27. The number of aliphatic hydroxyl groups is 1. The van der Waals surface area contributed by atoms with Crippen LogP contribution < -0.4 is 0 Å². The molecule has 1 aliphatic heterocycles. The fraction of sp³-hybridized carbons (Fsp3) is 0.957. The monoisotopic (exact) mass is 388 g/mol. The van der Waals surface area contributed by atoms with E-state index in [1.807, 2.05) is 0 Å². The molecule has 1 N–H and O–H groups in total. The third-order valence-electron chi connectivity index (χ3n) is 9.98. The Balaban J connectivity index is 0.979. The maximum absolute atomic E-state index is 13.0. The Labute approximate surface area is 166 Å². The molecule has 9 rings (SSSR count). The Kier molecular flexibility index (Phi) is 3.25. The van der Waals surface area contributed by atoms with Crippen LogP contribution in [0.25, 0.3) is 0 Å². The van der Waals surface area contributed by atoms with Gasteiger partial charge in [0.2, 0.25) is 0 Å². The second-order valence-electron chi connectivity index (χ2n) is 11.7. The van der Waals surface area contributed by atoms with Crippen LogP contribution in [0.1, 0.15) is 57.8 Å². The summed E-state index contributed by atoms with van der Waals surface area (Å²) >= 11 is 0. The summed E-state index contributed by atoms with van der Waals surface area (Å²) in [4.78, 5) is 13.0. The van der Waals surface area contributed by atoms with Crippen LogP contribution in [0.3, 0.4) is 0 Å². The van der Waals surface area contributed by atoms with E-state index in [9.17, 15) is 9.90 Å². The smallest absolute Gasteiger partial charge is 0.312 e. The molecule has 28 heavy (non-hydrogen) atoms. The van der Waals surface area contributed by atoms with Crippen molar-refractivity contribution < 1.29 is 24.1 Å². The van der Waals surface area contributed by atoms with Gasteiger partial charge in [0.05, 0.1) is 30.8 Å². The molecule has 8 bridgehead atoms. The van der Waals surface area contributed by atoms with Crippen LogP contribution in [-0.2, 0) is 19.0 Å². The number of carbonyl (C=O) groups is 1. The van der Waals surface area contributed by atoms with Crippen LogP contribution >= 0.6 is 0 Å². The molecule has 1 saturated heterocycles. The molecule has 0 amide bonds. The highest BCUT2D eigenvalue weighted by atomic mass is 16.7. The lowest BCUT2D eigenvalue weighted by Gasteiger charge is -2.47. The van der Waals surface area contributed by atoms with Gasteiger partial charge < -0.3 is 19.3 Å². The van der Waals surface area contributed by atoms with Gasteiger partial charge in [0.1, 0.15) is 0 Å². The minimum Gasteiger partial charge on any atom is -0.465 e. The molecular formula is C23H32O5. The van der Waals surface area contributed by atoms with Gasteiger partial charge in [-0.1, -0.05) is 0 Å². The molecule has 9 fully saturated rings. The number of hydrogen-bond acceptors (Lipinski definition) is 5. The largest absolute Gasteiger partial charge is 0.465 e. The number of carbonyl (C=O) groups excluding carboxylic acids is 1. The summed E-state index contributed by atoms with van der Waals surface area (Å²) in [5.74, 6) is 3.72. The van der Waals surface area contributed by atoms with Gasteiger partial charge in [0.15, 0.2) is 5.79 Å². The Morgan fingerprint density at radius 1 is 0.964 bits per heavy atom. The normalized spacial score (nSPS) is 60.2. The Hall–Kier alpha value is -0.650. The molecule has 0 radical (unpaired) electrons. The summed E-state index contributed by atoms with van der Waals surface area (Å²) in [5.41, 5.74) is -1.02. The highest BCUT2D eigenvalue weighted by Crippen LogP contribution is 2.66. The lowest BCUT2D eigenvalue weighted by Crippen LogP contribution is -2.54. The average molecular weight is 389 g/mol. The van der Waals surface area contributed by atoms with Crippen LogP contribution in [0.15, 0.2) is 0 Å². The molecular weight excluding hydrogens is 356 g/mol. The van der Waals surface area contributed by atoms with Crippen molar-refractivity contribution in [3.8, 4) is 0 Å². The zero-order valence-electron chi connectivity index (χ0n) is 16.6. The molecule has 0 aromatic heterocycles. The standard InChI is InChI=1S/C23H32O5/c24-20(21-5-16-7-22(25,12-21)8-17(16)6-21)26-9-14-10-27-23(28-11-14)18-2-13-1-15(4-18)19(23)3-13/h13-19,25H,1-12H2. The summed E-state index contributed by atoms with van der Waals surface area (Å²) < 4.78 is 18.7. The quantitative estimate of drug-likeness (QED) is 0.753. The van der Waals surface area contributed by atoms with Gasteiger partial charge in [-0.05, 0) is 81.5 Å². The van der Waals surface area contributed by atoms with Crippen molar-refractivity contribution in [3.63, 3.8) is 0 Å². The van der Waals surface area contributed by atoms with E-state index in [4.69, 9.17) is 14.2 Å². The van der Waals surface area contributed by atoms with Crippen molar-refractivity contribution in [1.82, 2.24) is 0 Å². The summed E-state index contributed by atoms with van der Waals surface area (Å²) in [5, 5.41) is 10.7. The summed E-state index contributed by atoms with van der Waals surface area (Å²) in [7, 11) is 0. The van der Waals surface area contributed by atoms with Crippen molar-refractivity contribution in [1.29, 1.82) is 0 Å². The van der Waals surface area contributed by atoms with Gasteiger partial charge >= 0.3 is 5.97 Å². The van der Waals surface area contributed by atoms with E-state index in [-0.39, 0.29) is 17.7 Å². The van der Waals surface area contributed by atoms with Crippen LogP contribution in [0.4, 0.5) is 0 Å². The first-order valence-electron chi connectivity index (χ1n) is 11.6. The van der Waals surface area contributed by atoms with Crippen LogP contribution in [-0.4, -0.2) is 42.3 Å². The number of hydrogen-bond donors (Lipinski definition) is 1. The SMILES string of the molecule is O=C(OCC1COC2(OC1)C1CC3CC(C1)C2C3)C12CC3CC(O)(CC3C1)C2. The van der Waals surface area contributed by atoms with Crippen molar-refractivity contribution in [2.45, 2.75) is 69.2 Å². The fourth-order valence-electron chi connectivity index (χ4n) is 9.27. The van der Waals surface area contributed by atoms with Gasteiger partial charge in [-0.15, -0.1) is 0 Å². The predicted octanol–water partition coefficient (Wildman–Crippen LogP) is 2.90. The zero-order valence-corrected chi connectivity index (χ0v) is 16.6. The van der Waals surface area contributed by atoms with E-state index >= 15 is 0 Å². The molecule has 5 nitrogen and oxygen atoms in total. The second-order valence-corrected chi connectivity index (χ2v) is 11.7. The van der Waals surface area contributed by atoms with Crippen LogP contribution in [0, 0.1) is 46.8 Å². The molecule has 0 aromatic rings. The maximum atomic E-state index is 13.0. The maximum Gasteiger partial charge on any atom is 0.312 e. The van der Waals surface area contributed by atoms with Gasteiger partial charge in [-0.2, -0.15) is 0 Å². The first kappa shape index (κ1) is 17.1. The third-order valence-corrected chi connectivity index (χ3v) is 9.98. The van der Waals surface area contributed by atoms with Gasteiger partial charge in [0, 0.05) is 17.8 Å². The highest BCUT2D eigenvalue weighted by molar-refractivity contribution is 5.78. The summed E-state index contributed by atoms with van der Waals surface area (Å²) in [6.07, 6.45) is 9.47. The van der Waals surface area contributed by atoms with E-state index in [0.29, 0.717) is 49.9 Å². The van der Waals surface area contributed by atoms with E-state index in [2.05, 4.69) is 0 Å². The molecule has 9 aliphatic rings. The van der Waals surface area contributed by atoms with Crippen molar-refractivity contribution in [2.75, 3.05) is 19.8 Å². The first-order chi connectivity index (χ1) is 13.5. The Bertz CT molecular complexity index is 692. The lowest BCUT2D eigenvalue weighted by molar-refractivity contribution is -0.329. The minimum absolute atomic E-state index is 0.0725. The molecule has 5 heteroatoms. The van der Waals surface area contributed by atoms with Crippen LogP contribution in [0.2, 0.25) is 0 Å². The Morgan fingerprint density at radius 2 is 1.71 bits per heavy atom. The summed E-state index contributed by atoms with van der Waals surface area (Å²) in [6, 6.07) is 0. The molecule has 1 spiro atoms. The molecule has 0 aromatic carbocycles. The van der Waals surface area contributed by atoms with E-state index in [0.717, 1.165) is 37.5 Å². The van der Waals surface area contributed by atoms with E-state index < -0.39 is 11.0 Å². The lowest BCUT2D eigenvalue weighted by atomic mass is 9.67. The molecule has 1 heterocycles. The van der Waals surface area contributed by atoms with Gasteiger partial charge in [-0.25, -0.2) is 0 Å². The van der Waals surface area contributed by atoms with Gasteiger partial charge in [-0.3, -0.25) is 4.79 Å². The second kappa shape index (κ2) is 5.33. The number of ether oxygens (including phenoxy) is 3. The molecule has 8 aliphatic carbocycles. The third kappa shape index (κ3) is 2.11. The van der Waals surface area contributed by atoms with Crippen molar-refractivity contribution in [3.05, 3.63) is 0 Å². The highest BCUT2D eigenvalue weighted by Gasteiger charge is 2.66. The molecule has 8 saturated carbocycles. The topological polar surface area (TPSA) is 65.0 Å². The zero-order chi connectivity index (χ0) is 18.7. The van der Waals surface area contributed by atoms with Gasteiger partial charge in [0.25, 0.3) is 0 Å². The average Bonchev–Trinajstić information content (AvgIpc) is 3.26. The predicted molar refractivity (Wildman–Crippen MR) is 99.0 cm³/mol. The molecule has 154 valence electrons. The van der Waals surface area contributed by atoms with E-state index in [1.165, 1.54) is 25.7 Å². The number of esters is 1. The number of rotatable bonds is 3. The van der Waals surface area contributed by atoms with Crippen molar-refractivity contribution in [2.24, 2.45) is 46.8 Å². The van der Waals surface area contributed by atoms with Crippen LogP contribution in [0.5, 0.6) is 0 Å². The Morgan fingerprint density at radius 3 is 2.39 bits per heavy atom. The molecule has 6 unspecified atom stereocenters. The molecule has 6 atom stereocenters. The first-order valence-corrected chi connectivity index (χ1v) is 11.6. The van der Waals surface area contributed by atoms with Crippen molar-refractivity contribution >= 4 is 5.97 Å². The minimum atomic E-state index is -0.602. The summed E-state index contributed by atoms with van der Waals surface area (Å²) in [6.45, 7) is 1.70.